The average Bonchev–Trinajstić information content (AvgIpc) is 2.80. The van der Waals surface area contributed by atoms with Gasteiger partial charge in [0.15, 0.2) is 11.2 Å². The van der Waals surface area contributed by atoms with Gasteiger partial charge in [0.25, 0.3) is 5.56 Å². The van der Waals surface area contributed by atoms with E-state index in [-0.39, 0.29) is 22.4 Å². The van der Waals surface area contributed by atoms with E-state index in [1.807, 2.05) is 0 Å². The molecule has 0 aliphatic heterocycles. The molecule has 2 rings (SSSR count). The Morgan fingerprint density at radius 2 is 1.86 bits per heavy atom. The van der Waals surface area contributed by atoms with E-state index in [9.17, 15) is 14.4 Å². The second-order valence-electron chi connectivity index (χ2n) is 5.30. The number of amides is 1. The Balaban J connectivity index is 2.43. The molecule has 0 aliphatic rings. The molecule has 8 nitrogen and oxygen atoms in total. The fraction of sp³-hybridized carbons (Fsp3) is 0.538. The van der Waals surface area contributed by atoms with Crippen LogP contribution in [0.4, 0.5) is 0 Å². The zero-order valence-electron chi connectivity index (χ0n) is 13.0. The van der Waals surface area contributed by atoms with Crippen molar-refractivity contribution in [3.63, 3.8) is 0 Å². The van der Waals surface area contributed by atoms with Gasteiger partial charge in [-0.2, -0.15) is 4.98 Å². The highest BCUT2D eigenvalue weighted by atomic mass is 35.5. The monoisotopic (exact) mass is 327 g/mol. The van der Waals surface area contributed by atoms with E-state index in [4.69, 9.17) is 11.6 Å². The van der Waals surface area contributed by atoms with E-state index < -0.39 is 11.2 Å². The predicted molar refractivity (Wildman–Crippen MR) is 83.2 cm³/mol. The highest BCUT2D eigenvalue weighted by Crippen LogP contribution is 2.16. The Hall–Kier alpha value is -2.09. The van der Waals surface area contributed by atoms with Crippen LogP contribution in [0.15, 0.2) is 9.59 Å². The molecule has 0 aliphatic carbocycles. The van der Waals surface area contributed by atoms with Gasteiger partial charge >= 0.3 is 5.69 Å². The van der Waals surface area contributed by atoms with Crippen LogP contribution in [0.2, 0.25) is 5.28 Å². The van der Waals surface area contributed by atoms with Crippen LogP contribution in [0.5, 0.6) is 0 Å². The van der Waals surface area contributed by atoms with Crippen molar-refractivity contribution in [3.8, 4) is 0 Å². The lowest BCUT2D eigenvalue weighted by molar-refractivity contribution is -0.128. The van der Waals surface area contributed by atoms with E-state index in [1.54, 1.807) is 18.7 Å². The molecule has 0 radical (unpaired) electrons. The van der Waals surface area contributed by atoms with Crippen LogP contribution in [0.25, 0.3) is 11.2 Å². The van der Waals surface area contributed by atoms with Gasteiger partial charge in [-0.25, -0.2) is 4.79 Å². The fourth-order valence-electron chi connectivity index (χ4n) is 2.24. The lowest BCUT2D eigenvalue weighted by atomic mass is 10.3. The predicted octanol–water partition coefficient (Wildman–Crippen LogP) is -0.0445. The van der Waals surface area contributed by atoms with Crippen LogP contribution in [-0.2, 0) is 25.4 Å². The number of rotatable bonds is 4. The maximum absolute atomic E-state index is 12.3. The largest absolute Gasteiger partial charge is 0.349 e. The second-order valence-corrected chi connectivity index (χ2v) is 5.64. The summed E-state index contributed by atoms with van der Waals surface area (Å²) in [6.07, 6.45) is 0.864. The maximum atomic E-state index is 12.3. The molecule has 0 saturated carbocycles. The van der Waals surface area contributed by atoms with Gasteiger partial charge in [-0.3, -0.25) is 18.7 Å². The Bertz CT molecular complexity index is 846. The van der Waals surface area contributed by atoms with E-state index in [1.165, 1.54) is 23.6 Å². The van der Waals surface area contributed by atoms with Crippen LogP contribution < -0.4 is 11.2 Å². The van der Waals surface area contributed by atoms with Gasteiger partial charge in [0.1, 0.15) is 0 Å². The summed E-state index contributed by atoms with van der Waals surface area (Å²) in [5, 5.41) is 0.130. The smallest absolute Gasteiger partial charge is 0.332 e. The molecule has 0 fully saturated rings. The van der Waals surface area contributed by atoms with E-state index >= 15 is 0 Å². The van der Waals surface area contributed by atoms with Gasteiger partial charge in [-0.15, -0.1) is 0 Å². The summed E-state index contributed by atoms with van der Waals surface area (Å²) in [7, 11) is 6.32. The molecule has 0 atom stereocenters. The van der Waals surface area contributed by atoms with Crippen molar-refractivity contribution < 1.29 is 4.79 Å². The van der Waals surface area contributed by atoms with Gasteiger partial charge in [-0.1, -0.05) is 0 Å². The van der Waals surface area contributed by atoms with Crippen molar-refractivity contribution in [3.05, 3.63) is 26.1 Å². The topological polar surface area (TPSA) is 82.1 Å². The molecule has 0 aromatic carbocycles. The number of carbonyl (C=O) groups excluding carboxylic acids is 1. The lowest BCUT2D eigenvalue weighted by Crippen LogP contribution is -2.37. The van der Waals surface area contributed by atoms with E-state index in [2.05, 4.69) is 4.98 Å². The van der Waals surface area contributed by atoms with Crippen molar-refractivity contribution in [1.29, 1.82) is 0 Å². The molecule has 0 bridgehead atoms. The molecule has 22 heavy (non-hydrogen) atoms. The van der Waals surface area contributed by atoms with Crippen molar-refractivity contribution in [1.82, 2.24) is 23.6 Å². The second kappa shape index (κ2) is 5.96. The number of aromatic nitrogens is 4. The van der Waals surface area contributed by atoms with Crippen molar-refractivity contribution in [2.45, 2.75) is 19.4 Å². The molecule has 0 saturated heterocycles. The summed E-state index contributed by atoms with van der Waals surface area (Å²) in [4.78, 5) is 41.4. The molecule has 0 N–H and O–H groups in total. The van der Waals surface area contributed by atoms with Crippen LogP contribution in [0.3, 0.4) is 0 Å². The van der Waals surface area contributed by atoms with Crippen molar-refractivity contribution >= 4 is 28.7 Å². The minimum absolute atomic E-state index is 0.000783. The standard InChI is InChI=1S/C13H18ClN5O3/c1-16(2)8(20)6-5-7-19-9-10(15-12(19)14)17(3)13(22)18(4)11(9)21/h5-7H2,1-4H3. The van der Waals surface area contributed by atoms with Gasteiger partial charge in [0.2, 0.25) is 11.2 Å². The molecule has 1 amide bonds. The van der Waals surface area contributed by atoms with Crippen molar-refractivity contribution in [2.75, 3.05) is 14.1 Å². The summed E-state index contributed by atoms with van der Waals surface area (Å²) in [6.45, 7) is 0.377. The molecule has 120 valence electrons. The average molecular weight is 328 g/mol. The zero-order valence-corrected chi connectivity index (χ0v) is 13.7. The van der Waals surface area contributed by atoms with E-state index in [0.717, 1.165) is 4.57 Å². The first-order valence-corrected chi connectivity index (χ1v) is 7.15. The fourth-order valence-corrected chi connectivity index (χ4v) is 2.49. The number of carbonyl (C=O) groups is 1. The lowest BCUT2D eigenvalue weighted by Gasteiger charge is -2.10. The number of aryl methyl sites for hydroxylation is 2. The molecule has 0 spiro atoms. The number of hydrogen-bond acceptors (Lipinski definition) is 4. The number of fused-ring (bicyclic) bond motifs is 1. The molecule has 2 aromatic heterocycles. The van der Waals surface area contributed by atoms with Gasteiger partial charge < -0.3 is 9.47 Å². The Labute approximate surface area is 131 Å². The van der Waals surface area contributed by atoms with E-state index in [0.29, 0.717) is 19.4 Å². The van der Waals surface area contributed by atoms with Gasteiger partial charge in [0.05, 0.1) is 0 Å². The number of hydrogen-bond donors (Lipinski definition) is 0. The molecule has 9 heteroatoms. The van der Waals surface area contributed by atoms with Crippen molar-refractivity contribution in [2.24, 2.45) is 14.1 Å². The maximum Gasteiger partial charge on any atom is 0.332 e. The quantitative estimate of drug-likeness (QED) is 0.738. The first-order valence-electron chi connectivity index (χ1n) is 6.77. The van der Waals surface area contributed by atoms with Crippen LogP contribution >= 0.6 is 11.6 Å². The third-order valence-corrected chi connectivity index (χ3v) is 3.86. The summed E-state index contributed by atoms with van der Waals surface area (Å²) in [6, 6.07) is 0. The molecular formula is C13H18ClN5O3. The third kappa shape index (κ3) is 2.66. The molecule has 2 aromatic rings. The zero-order chi connectivity index (χ0) is 16.6. The Kier molecular flexibility index (Phi) is 4.41. The number of nitrogens with zero attached hydrogens (tertiary/aromatic N) is 5. The summed E-state index contributed by atoms with van der Waals surface area (Å²) in [5.41, 5.74) is -0.387. The summed E-state index contributed by atoms with van der Waals surface area (Å²) in [5.74, 6) is 0.000783. The van der Waals surface area contributed by atoms with Crippen LogP contribution in [-0.4, -0.2) is 43.6 Å². The number of halogens is 1. The Morgan fingerprint density at radius 3 is 2.45 bits per heavy atom. The number of imidazole rings is 1. The van der Waals surface area contributed by atoms with Gasteiger partial charge in [0, 0.05) is 41.2 Å². The third-order valence-electron chi connectivity index (χ3n) is 3.57. The Morgan fingerprint density at radius 1 is 1.23 bits per heavy atom. The molecule has 0 unspecified atom stereocenters. The highest BCUT2D eigenvalue weighted by molar-refractivity contribution is 6.29. The summed E-state index contributed by atoms with van der Waals surface area (Å²) >= 11 is 6.09. The minimum atomic E-state index is -0.457. The SMILES string of the molecule is CN(C)C(=O)CCCn1c(Cl)nc2c1c(=O)n(C)c(=O)n2C. The molecular weight excluding hydrogens is 310 g/mol. The highest BCUT2D eigenvalue weighted by Gasteiger charge is 2.18. The van der Waals surface area contributed by atoms with Crippen LogP contribution in [0, 0.1) is 0 Å². The molecule has 2 heterocycles. The summed E-state index contributed by atoms with van der Waals surface area (Å²) < 4.78 is 3.84. The normalized spacial score (nSPS) is 11.1. The first kappa shape index (κ1) is 16.3. The van der Waals surface area contributed by atoms with Gasteiger partial charge in [-0.05, 0) is 18.0 Å². The van der Waals surface area contributed by atoms with Crippen LogP contribution in [0.1, 0.15) is 12.8 Å². The first-order chi connectivity index (χ1) is 10.3. The minimum Gasteiger partial charge on any atom is -0.349 e.